The minimum Gasteiger partial charge on any atom is -0.481 e. The van der Waals surface area contributed by atoms with Crippen molar-refractivity contribution in [2.75, 3.05) is 19.6 Å². The molecule has 8 nitrogen and oxygen atoms in total. The molecule has 2 atom stereocenters. The van der Waals surface area contributed by atoms with E-state index in [9.17, 15) is 37.9 Å². The van der Waals surface area contributed by atoms with E-state index in [0.717, 1.165) is 35.8 Å². The number of hydrogen-bond donors (Lipinski definition) is 2. The van der Waals surface area contributed by atoms with Gasteiger partial charge in [-0.1, -0.05) is 13.8 Å². The third-order valence-electron chi connectivity index (χ3n) is 8.80. The first-order chi connectivity index (χ1) is 22.5. The highest BCUT2D eigenvalue weighted by molar-refractivity contribution is 5.82. The molecular weight excluding hydrogens is 628 g/mol. The molecule has 1 amide bonds. The second-order valence-corrected chi connectivity index (χ2v) is 13.0. The number of benzene rings is 2. The number of likely N-dealkylation sites (tertiary alicyclic amines) is 1. The number of nitrogens with zero attached hydrogens (tertiary/aromatic N) is 3. The third-order valence-corrected chi connectivity index (χ3v) is 8.80. The van der Waals surface area contributed by atoms with E-state index in [1.54, 1.807) is 45.9 Å². The molecule has 2 N–H and O–H groups in total. The molecule has 0 aliphatic carbocycles. The van der Waals surface area contributed by atoms with Gasteiger partial charge < -0.3 is 19.9 Å². The van der Waals surface area contributed by atoms with Crippen LogP contribution in [-0.2, 0) is 22.2 Å². The van der Waals surface area contributed by atoms with Crippen LogP contribution >= 0.6 is 0 Å². The average molecular weight is 669 g/mol. The molecule has 1 saturated heterocycles. The summed E-state index contributed by atoms with van der Waals surface area (Å²) in [6.45, 7) is 10.5. The molecule has 1 aliphatic heterocycles. The van der Waals surface area contributed by atoms with Crippen molar-refractivity contribution in [1.82, 2.24) is 14.8 Å². The lowest BCUT2D eigenvalue weighted by Gasteiger charge is -2.31. The first kappa shape index (κ1) is 36.3. The van der Waals surface area contributed by atoms with Crippen LogP contribution in [0.25, 0.3) is 11.1 Å². The van der Waals surface area contributed by atoms with Gasteiger partial charge in [0.25, 0.3) is 5.56 Å². The van der Waals surface area contributed by atoms with Crippen LogP contribution in [0.3, 0.4) is 0 Å². The Morgan fingerprint density at radius 1 is 1.04 bits per heavy atom. The third kappa shape index (κ3) is 8.31. The van der Waals surface area contributed by atoms with Crippen LogP contribution in [0.1, 0.15) is 84.1 Å². The number of hydrogen-bond acceptors (Lipinski definition) is 5. The Bertz CT molecular complexity index is 1810. The molecule has 0 bridgehead atoms. The Hall–Kier alpha value is -4.50. The number of halogens is 4. The number of carboxylic acids is 1. The van der Waals surface area contributed by atoms with Gasteiger partial charge in [0.2, 0.25) is 5.91 Å². The van der Waals surface area contributed by atoms with Crippen molar-refractivity contribution in [3.05, 3.63) is 91.6 Å². The van der Waals surface area contributed by atoms with Crippen molar-refractivity contribution < 1.29 is 32.3 Å². The molecule has 48 heavy (non-hydrogen) atoms. The summed E-state index contributed by atoms with van der Waals surface area (Å²) < 4.78 is 58.8. The smallest absolute Gasteiger partial charge is 0.416 e. The molecular formula is C36H40F4N4O4. The van der Waals surface area contributed by atoms with Crippen molar-refractivity contribution in [3.63, 3.8) is 0 Å². The molecule has 1 unspecified atom stereocenters. The van der Waals surface area contributed by atoms with E-state index in [4.69, 9.17) is 0 Å². The SMILES string of the molecule is Cc1cc(-c2cc(C)c(F)c([C@H](CC(=O)O)NC(=O)C(CC(C)C)n3cc(CCN4CCC4)c(C(F)(F)F)cc3=O)c2)c(C)cc1C#N. The summed E-state index contributed by atoms with van der Waals surface area (Å²) in [6, 6.07) is 6.50. The lowest BCUT2D eigenvalue weighted by atomic mass is 9.90. The number of carboxylic acid groups (broad SMARTS) is 1. The van der Waals surface area contributed by atoms with Crippen molar-refractivity contribution in [2.24, 2.45) is 5.92 Å². The first-order valence-electron chi connectivity index (χ1n) is 15.9. The van der Waals surface area contributed by atoms with Gasteiger partial charge in [0.1, 0.15) is 11.9 Å². The Kier molecular flexibility index (Phi) is 11.1. The van der Waals surface area contributed by atoms with E-state index >= 15 is 4.39 Å². The minimum atomic E-state index is -4.78. The van der Waals surface area contributed by atoms with Crippen LogP contribution in [-0.4, -0.2) is 46.1 Å². The zero-order valence-electron chi connectivity index (χ0n) is 27.7. The fourth-order valence-corrected chi connectivity index (χ4v) is 6.11. The molecule has 2 heterocycles. The van der Waals surface area contributed by atoms with Crippen LogP contribution in [0.15, 0.2) is 41.3 Å². The van der Waals surface area contributed by atoms with Crippen LogP contribution in [0.2, 0.25) is 0 Å². The highest BCUT2D eigenvalue weighted by Gasteiger charge is 2.36. The summed E-state index contributed by atoms with van der Waals surface area (Å²) in [4.78, 5) is 41.2. The number of aryl methyl sites for hydroxylation is 3. The van der Waals surface area contributed by atoms with Gasteiger partial charge in [-0.3, -0.25) is 14.4 Å². The largest absolute Gasteiger partial charge is 0.481 e. The van der Waals surface area contributed by atoms with Crippen LogP contribution in [0, 0.1) is 43.8 Å². The number of nitriles is 1. The van der Waals surface area contributed by atoms with Gasteiger partial charge >= 0.3 is 12.1 Å². The maximum Gasteiger partial charge on any atom is 0.416 e. The van der Waals surface area contributed by atoms with Gasteiger partial charge in [-0.05, 0) is 117 Å². The molecule has 0 spiro atoms. The number of rotatable bonds is 12. The summed E-state index contributed by atoms with van der Waals surface area (Å²) in [5.74, 6) is -3.07. The predicted octanol–water partition coefficient (Wildman–Crippen LogP) is 6.64. The Labute approximate surface area is 277 Å². The lowest BCUT2D eigenvalue weighted by molar-refractivity contribution is -0.139. The zero-order chi connectivity index (χ0) is 35.5. The van der Waals surface area contributed by atoms with Crippen LogP contribution in [0.5, 0.6) is 0 Å². The quantitative estimate of drug-likeness (QED) is 0.209. The number of nitrogens with one attached hydrogen (secondary N) is 1. The van der Waals surface area contributed by atoms with Gasteiger partial charge in [-0.2, -0.15) is 18.4 Å². The number of aliphatic carboxylic acids is 1. The average Bonchev–Trinajstić information content (AvgIpc) is 2.96. The number of carbonyl (C=O) groups excluding carboxylic acids is 1. The fourth-order valence-electron chi connectivity index (χ4n) is 6.11. The van der Waals surface area contributed by atoms with Gasteiger partial charge in [0.15, 0.2) is 0 Å². The normalized spacial score (nSPS) is 14.7. The molecule has 0 saturated carbocycles. The van der Waals surface area contributed by atoms with Crippen molar-refractivity contribution in [3.8, 4) is 17.2 Å². The molecule has 1 aromatic heterocycles. The second-order valence-electron chi connectivity index (χ2n) is 13.0. The number of amides is 1. The van der Waals surface area contributed by atoms with E-state index in [-0.39, 0.29) is 35.4 Å². The number of alkyl halides is 3. The van der Waals surface area contributed by atoms with E-state index in [0.29, 0.717) is 34.9 Å². The van der Waals surface area contributed by atoms with Gasteiger partial charge in [0.05, 0.1) is 29.7 Å². The highest BCUT2D eigenvalue weighted by atomic mass is 19.4. The maximum atomic E-state index is 15.8. The summed E-state index contributed by atoms with van der Waals surface area (Å²) in [5, 5.41) is 21.8. The molecule has 4 rings (SSSR count). The van der Waals surface area contributed by atoms with Gasteiger partial charge in [-0.25, -0.2) is 4.39 Å². The Balaban J connectivity index is 1.77. The molecule has 1 aliphatic rings. The molecule has 3 aromatic rings. The van der Waals surface area contributed by atoms with E-state index < -0.39 is 53.5 Å². The maximum absolute atomic E-state index is 15.8. The number of carbonyl (C=O) groups is 2. The summed E-state index contributed by atoms with van der Waals surface area (Å²) in [7, 11) is 0. The Morgan fingerprint density at radius 3 is 2.29 bits per heavy atom. The monoisotopic (exact) mass is 668 g/mol. The van der Waals surface area contributed by atoms with Gasteiger partial charge in [-0.15, -0.1) is 0 Å². The van der Waals surface area contributed by atoms with E-state index in [1.165, 1.54) is 13.0 Å². The zero-order valence-corrected chi connectivity index (χ0v) is 27.7. The van der Waals surface area contributed by atoms with Crippen LogP contribution < -0.4 is 10.9 Å². The Morgan fingerprint density at radius 2 is 1.73 bits per heavy atom. The van der Waals surface area contributed by atoms with E-state index in [1.807, 2.05) is 4.90 Å². The summed E-state index contributed by atoms with van der Waals surface area (Å²) in [6.07, 6.45) is -3.38. The van der Waals surface area contributed by atoms with E-state index in [2.05, 4.69) is 11.4 Å². The topological polar surface area (TPSA) is 115 Å². The fraction of sp³-hybridized carbons (Fsp3) is 0.444. The predicted molar refractivity (Wildman–Crippen MR) is 173 cm³/mol. The highest BCUT2D eigenvalue weighted by Crippen LogP contribution is 2.35. The molecule has 0 radical (unpaired) electrons. The second kappa shape index (κ2) is 14.7. The molecule has 1 fully saturated rings. The lowest BCUT2D eigenvalue weighted by Crippen LogP contribution is -2.41. The molecule has 256 valence electrons. The summed E-state index contributed by atoms with van der Waals surface area (Å²) >= 11 is 0. The van der Waals surface area contributed by atoms with Crippen molar-refractivity contribution >= 4 is 11.9 Å². The van der Waals surface area contributed by atoms with Gasteiger partial charge in [0, 0.05) is 24.4 Å². The summed E-state index contributed by atoms with van der Waals surface area (Å²) in [5.41, 5.74) is 1.03. The number of aromatic nitrogens is 1. The molecule has 12 heteroatoms. The van der Waals surface area contributed by atoms with Crippen molar-refractivity contribution in [2.45, 2.75) is 78.6 Å². The number of pyridine rings is 1. The van der Waals surface area contributed by atoms with Crippen LogP contribution in [0.4, 0.5) is 17.6 Å². The molecule has 2 aromatic carbocycles. The minimum absolute atomic E-state index is 0.0122. The standard InChI is InChI=1S/C36H40F4N4O4/c1-20(2)11-31(44-19-24(7-10-43-8-6-9-43)29(16-32(44)45)36(38,39)40)35(48)42-30(17-33(46)47)28-15-25(13-23(5)34(28)37)27-14-21(3)26(18-41)12-22(27)4/h12-16,19-20,30-31H,6-11,17H2,1-5H3,(H,42,48)(H,46,47)/t30-,31?/m0/s1. The first-order valence-corrected chi connectivity index (χ1v) is 15.9. The van der Waals surface area contributed by atoms with Crippen molar-refractivity contribution in [1.29, 1.82) is 5.26 Å².